The van der Waals surface area contributed by atoms with Crippen molar-refractivity contribution >= 4 is 11.3 Å². The van der Waals surface area contributed by atoms with Crippen LogP contribution in [0.1, 0.15) is 41.5 Å². The predicted octanol–water partition coefficient (Wildman–Crippen LogP) is 3.36. The van der Waals surface area contributed by atoms with Crippen molar-refractivity contribution in [2.45, 2.75) is 64.8 Å². The quantitative estimate of drug-likeness (QED) is 0.630. The molecule has 1 atom stereocenters. The molecule has 1 fully saturated rings. The Kier molecular flexibility index (Phi) is 5.43. The number of aliphatic hydroxyl groups excluding tert-OH is 1. The first-order chi connectivity index (χ1) is 15.2. The molecule has 3 aromatic heterocycles. The molecular formula is C22H28F2N6O3. The minimum atomic E-state index is -3.22. The van der Waals surface area contributed by atoms with Gasteiger partial charge in [0.1, 0.15) is 23.0 Å². The van der Waals surface area contributed by atoms with E-state index in [2.05, 4.69) is 20.1 Å². The Balaban J connectivity index is 1.83. The molecule has 0 amide bonds. The van der Waals surface area contributed by atoms with E-state index in [-0.39, 0.29) is 18.4 Å². The highest BCUT2D eigenvalue weighted by Gasteiger charge is 2.48. The molecule has 3 aromatic rings. The molecule has 0 bridgehead atoms. The van der Waals surface area contributed by atoms with Crippen LogP contribution in [0.5, 0.6) is 11.9 Å². The van der Waals surface area contributed by atoms with Crippen LogP contribution in [0.25, 0.3) is 16.9 Å². The van der Waals surface area contributed by atoms with Crippen LogP contribution in [0.15, 0.2) is 24.7 Å². The summed E-state index contributed by atoms with van der Waals surface area (Å²) in [6.45, 7) is 10.5. The van der Waals surface area contributed by atoms with Gasteiger partial charge in [-0.1, -0.05) is 0 Å². The van der Waals surface area contributed by atoms with Crippen LogP contribution in [0.4, 0.5) is 14.5 Å². The van der Waals surface area contributed by atoms with Crippen molar-refractivity contribution in [3.05, 3.63) is 24.7 Å². The maximum atomic E-state index is 14.1. The number of alkyl halides is 2. The second-order valence-electron chi connectivity index (χ2n) is 10.1. The van der Waals surface area contributed by atoms with E-state index in [9.17, 15) is 13.9 Å². The number of aliphatic hydroxyl groups is 1. The third kappa shape index (κ3) is 4.97. The molecule has 0 aromatic carbocycles. The van der Waals surface area contributed by atoms with E-state index < -0.39 is 29.8 Å². The van der Waals surface area contributed by atoms with E-state index in [1.54, 1.807) is 12.3 Å². The summed E-state index contributed by atoms with van der Waals surface area (Å²) in [5.41, 5.74) is 0.596. The fourth-order valence-electron chi connectivity index (χ4n) is 3.43. The second-order valence-corrected chi connectivity index (χ2v) is 10.1. The molecule has 1 aliphatic rings. The molecular weight excluding hydrogens is 434 g/mol. The topological polar surface area (TPSA) is 97.9 Å². The molecule has 9 nitrogen and oxygen atoms in total. The normalized spacial score (nSPS) is 18.7. The Morgan fingerprint density at radius 3 is 2.39 bits per heavy atom. The fourth-order valence-corrected chi connectivity index (χ4v) is 3.43. The van der Waals surface area contributed by atoms with Gasteiger partial charge in [-0.15, -0.1) is 0 Å². The zero-order chi connectivity index (χ0) is 24.2. The molecule has 1 saturated heterocycles. The average Bonchev–Trinajstić information content (AvgIpc) is 3.22. The first-order valence-electron chi connectivity index (χ1n) is 10.6. The lowest BCUT2D eigenvalue weighted by atomic mass is 10.1. The number of hydrogen-bond acceptors (Lipinski definition) is 8. The van der Waals surface area contributed by atoms with Crippen LogP contribution in [-0.4, -0.2) is 66.0 Å². The lowest BCUT2D eigenvalue weighted by Gasteiger charge is -2.24. The number of β-amino-alcohol motifs (C(OH)–C–C–N with tert-alkyl or cyclic N) is 1. The van der Waals surface area contributed by atoms with Gasteiger partial charge in [0.2, 0.25) is 5.88 Å². The van der Waals surface area contributed by atoms with E-state index in [1.165, 1.54) is 21.8 Å². The predicted molar refractivity (Wildman–Crippen MR) is 118 cm³/mol. The summed E-state index contributed by atoms with van der Waals surface area (Å²) >= 11 is 0. The lowest BCUT2D eigenvalue weighted by Crippen LogP contribution is -2.31. The number of rotatable bonds is 4. The van der Waals surface area contributed by atoms with Crippen molar-refractivity contribution in [1.82, 2.24) is 24.6 Å². The minimum Gasteiger partial charge on any atom is -0.471 e. The van der Waals surface area contributed by atoms with E-state index in [4.69, 9.17) is 9.47 Å². The first-order valence-corrected chi connectivity index (χ1v) is 10.6. The summed E-state index contributed by atoms with van der Waals surface area (Å²) in [6.07, 6.45) is 2.93. The molecule has 0 spiro atoms. The van der Waals surface area contributed by atoms with Gasteiger partial charge in [-0.2, -0.15) is 10.1 Å². The van der Waals surface area contributed by atoms with Gasteiger partial charge < -0.3 is 19.5 Å². The van der Waals surface area contributed by atoms with Crippen molar-refractivity contribution in [3.8, 4) is 23.1 Å². The van der Waals surface area contributed by atoms with Crippen molar-refractivity contribution in [3.63, 3.8) is 0 Å². The van der Waals surface area contributed by atoms with Crippen LogP contribution < -0.4 is 14.4 Å². The van der Waals surface area contributed by atoms with Gasteiger partial charge in [-0.05, 0) is 47.6 Å². The second kappa shape index (κ2) is 7.75. The van der Waals surface area contributed by atoms with Gasteiger partial charge in [0.15, 0.2) is 5.65 Å². The molecule has 1 N–H and O–H groups in total. The number of fused-ring (bicyclic) bond motifs is 1. The first kappa shape index (κ1) is 23.1. The summed E-state index contributed by atoms with van der Waals surface area (Å²) in [5.74, 6) is -2.97. The van der Waals surface area contributed by atoms with Gasteiger partial charge in [-0.25, -0.2) is 23.3 Å². The molecule has 33 heavy (non-hydrogen) atoms. The largest absolute Gasteiger partial charge is 0.471 e. The van der Waals surface area contributed by atoms with Crippen LogP contribution in [0.3, 0.4) is 0 Å². The van der Waals surface area contributed by atoms with Gasteiger partial charge in [-0.3, -0.25) is 0 Å². The zero-order valence-corrected chi connectivity index (χ0v) is 19.5. The third-order valence-electron chi connectivity index (χ3n) is 4.77. The van der Waals surface area contributed by atoms with E-state index in [0.29, 0.717) is 22.6 Å². The number of halogens is 2. The standard InChI is InChI=1S/C22H28F2N6O3/c1-20(2,3)32-18-13(10-26-19(27-18)33-21(4,5)6)14-9-15(17-25-7-8-30(17)28-14)29-11-16(31)22(23,24)12-29/h7-10,16,31H,11-12H2,1-6H3/t16-/m1/s1. The fraction of sp³-hybridized carbons (Fsp3) is 0.545. The number of aromatic nitrogens is 5. The highest BCUT2D eigenvalue weighted by Crippen LogP contribution is 2.37. The Morgan fingerprint density at radius 1 is 1.09 bits per heavy atom. The number of nitrogens with zero attached hydrogens (tertiary/aromatic N) is 6. The molecule has 4 heterocycles. The van der Waals surface area contributed by atoms with Crippen molar-refractivity contribution in [2.24, 2.45) is 0 Å². The maximum Gasteiger partial charge on any atom is 0.320 e. The molecule has 4 rings (SSSR count). The lowest BCUT2D eigenvalue weighted by molar-refractivity contribution is -0.0712. The highest BCUT2D eigenvalue weighted by atomic mass is 19.3. The SMILES string of the molecule is CC(C)(C)Oc1ncc(-c2cc(N3C[C@@H](O)C(F)(F)C3)c3nccn3n2)c(OC(C)(C)C)n1. The summed E-state index contributed by atoms with van der Waals surface area (Å²) in [6, 6.07) is 1.78. The van der Waals surface area contributed by atoms with E-state index >= 15 is 0 Å². The molecule has 0 saturated carbocycles. The molecule has 178 valence electrons. The van der Waals surface area contributed by atoms with Crippen molar-refractivity contribution in [1.29, 1.82) is 0 Å². The van der Waals surface area contributed by atoms with Crippen LogP contribution in [-0.2, 0) is 0 Å². The number of hydrogen-bond donors (Lipinski definition) is 1. The summed E-state index contributed by atoms with van der Waals surface area (Å²) in [7, 11) is 0. The Morgan fingerprint density at radius 2 is 1.79 bits per heavy atom. The van der Waals surface area contributed by atoms with Crippen molar-refractivity contribution < 1.29 is 23.4 Å². The molecule has 0 radical (unpaired) electrons. The van der Waals surface area contributed by atoms with Gasteiger partial charge in [0.25, 0.3) is 5.92 Å². The molecule has 11 heteroatoms. The maximum absolute atomic E-state index is 14.1. The Hall–Kier alpha value is -3.08. The molecule has 1 aliphatic heterocycles. The number of ether oxygens (including phenoxy) is 2. The molecule has 0 unspecified atom stereocenters. The number of anilines is 1. The minimum absolute atomic E-state index is 0.150. The molecule has 0 aliphatic carbocycles. The number of imidazole rings is 1. The Labute approximate surface area is 190 Å². The smallest absolute Gasteiger partial charge is 0.320 e. The van der Waals surface area contributed by atoms with Gasteiger partial charge in [0.05, 0.1) is 24.3 Å². The van der Waals surface area contributed by atoms with Crippen molar-refractivity contribution in [2.75, 3.05) is 18.0 Å². The third-order valence-corrected chi connectivity index (χ3v) is 4.77. The Bertz CT molecular complexity index is 1170. The van der Waals surface area contributed by atoms with Crippen LogP contribution in [0, 0.1) is 0 Å². The zero-order valence-electron chi connectivity index (χ0n) is 19.5. The van der Waals surface area contributed by atoms with Crippen LogP contribution >= 0.6 is 0 Å². The summed E-state index contributed by atoms with van der Waals surface area (Å²) in [5, 5.41) is 14.4. The van der Waals surface area contributed by atoms with Gasteiger partial charge >= 0.3 is 6.01 Å². The van der Waals surface area contributed by atoms with E-state index in [1.807, 2.05) is 41.5 Å². The van der Waals surface area contributed by atoms with E-state index in [0.717, 1.165) is 0 Å². The average molecular weight is 463 g/mol. The monoisotopic (exact) mass is 462 g/mol. The highest BCUT2D eigenvalue weighted by molar-refractivity contribution is 5.76. The summed E-state index contributed by atoms with van der Waals surface area (Å²) < 4.78 is 41.5. The van der Waals surface area contributed by atoms with Gasteiger partial charge in [0, 0.05) is 18.6 Å². The van der Waals surface area contributed by atoms with Crippen LogP contribution in [0.2, 0.25) is 0 Å². The summed E-state index contributed by atoms with van der Waals surface area (Å²) in [4.78, 5) is 14.4.